The standard InChI is InChI=1S/C9H12N2O3/c1-2-14-9(12)11(13)7-8-3-5-10-6-4-8/h3-6,11H,2,7H2,1H3. The van der Waals surface area contributed by atoms with Crippen molar-refractivity contribution in [3.05, 3.63) is 35.3 Å². The first-order chi connectivity index (χ1) is 6.74. The van der Waals surface area contributed by atoms with Gasteiger partial charge in [-0.05, 0) is 19.1 Å². The molecule has 5 nitrogen and oxygen atoms in total. The number of nitrogens with zero attached hydrogens (tertiary/aromatic N) is 1. The normalized spacial score (nSPS) is 12.1. The summed E-state index contributed by atoms with van der Waals surface area (Å²) in [5, 5.41) is 10.7. The van der Waals surface area contributed by atoms with Crippen LogP contribution in [0.4, 0.5) is 4.79 Å². The third kappa shape index (κ3) is 3.12. The summed E-state index contributed by atoms with van der Waals surface area (Å²) in [6, 6.07) is 3.38. The summed E-state index contributed by atoms with van der Waals surface area (Å²) in [7, 11) is 0. The highest BCUT2D eigenvalue weighted by atomic mass is 16.6. The number of carbonyl (C=O) groups is 1. The molecule has 1 amide bonds. The van der Waals surface area contributed by atoms with Crippen LogP contribution in [0.15, 0.2) is 24.5 Å². The van der Waals surface area contributed by atoms with E-state index in [0.29, 0.717) is 0 Å². The Bertz CT molecular complexity index is 289. The topological polar surface area (TPSA) is 66.7 Å². The first kappa shape index (κ1) is 10.6. The zero-order valence-electron chi connectivity index (χ0n) is 7.90. The van der Waals surface area contributed by atoms with Crippen LogP contribution in [0.1, 0.15) is 12.5 Å². The number of quaternary nitrogens is 1. The maximum Gasteiger partial charge on any atom is 0.514 e. The molecule has 0 saturated carbocycles. The van der Waals surface area contributed by atoms with E-state index in [2.05, 4.69) is 9.72 Å². The molecule has 1 unspecified atom stereocenters. The number of carbonyl (C=O) groups excluding carboxylic acids is 1. The van der Waals surface area contributed by atoms with Gasteiger partial charge in [-0.15, -0.1) is 0 Å². The molecule has 0 bridgehead atoms. The summed E-state index contributed by atoms with van der Waals surface area (Å²) in [4.78, 5) is 14.8. The molecular formula is C9H12N2O3. The number of hydrogen-bond acceptors (Lipinski definition) is 4. The summed E-state index contributed by atoms with van der Waals surface area (Å²) >= 11 is 0. The van der Waals surface area contributed by atoms with Crippen LogP contribution in [-0.4, -0.2) is 17.7 Å². The highest BCUT2D eigenvalue weighted by molar-refractivity contribution is 5.56. The molecule has 0 aliphatic rings. The minimum Gasteiger partial charge on any atom is -0.624 e. The average molecular weight is 196 g/mol. The van der Waals surface area contributed by atoms with Gasteiger partial charge in [0.2, 0.25) is 0 Å². The van der Waals surface area contributed by atoms with Crippen LogP contribution in [0.25, 0.3) is 0 Å². The van der Waals surface area contributed by atoms with Crippen LogP contribution in [0.2, 0.25) is 0 Å². The number of nitrogens with one attached hydrogen (secondary N) is 1. The Kier molecular flexibility index (Phi) is 4.03. The van der Waals surface area contributed by atoms with Crippen LogP contribution in [0.3, 0.4) is 0 Å². The first-order valence-corrected chi connectivity index (χ1v) is 4.33. The fourth-order valence-electron chi connectivity index (χ4n) is 0.970. The van der Waals surface area contributed by atoms with Gasteiger partial charge in [0.15, 0.2) is 0 Å². The zero-order chi connectivity index (χ0) is 10.4. The molecule has 76 valence electrons. The van der Waals surface area contributed by atoms with E-state index < -0.39 is 11.2 Å². The molecule has 0 fully saturated rings. The fraction of sp³-hybridized carbons (Fsp3) is 0.333. The van der Waals surface area contributed by atoms with E-state index in [1.54, 1.807) is 31.5 Å². The molecule has 0 aliphatic carbocycles. The van der Waals surface area contributed by atoms with Gasteiger partial charge >= 0.3 is 6.09 Å². The Morgan fingerprint density at radius 1 is 1.57 bits per heavy atom. The maximum absolute atomic E-state index is 11.2. The number of pyridine rings is 1. The highest BCUT2D eigenvalue weighted by Gasteiger charge is 2.11. The monoisotopic (exact) mass is 196 g/mol. The zero-order valence-corrected chi connectivity index (χ0v) is 7.90. The molecular weight excluding hydrogens is 184 g/mol. The quantitative estimate of drug-likeness (QED) is 0.697. The van der Waals surface area contributed by atoms with Crippen LogP contribution in [0, 0.1) is 5.21 Å². The molecule has 5 heteroatoms. The average Bonchev–Trinajstić information content (AvgIpc) is 2.19. The summed E-state index contributed by atoms with van der Waals surface area (Å²) in [6.07, 6.45) is 2.38. The Morgan fingerprint density at radius 2 is 2.21 bits per heavy atom. The van der Waals surface area contributed by atoms with E-state index >= 15 is 0 Å². The van der Waals surface area contributed by atoms with Crippen molar-refractivity contribution in [3.63, 3.8) is 0 Å². The van der Waals surface area contributed by atoms with Gasteiger partial charge in [0.05, 0.1) is 6.61 Å². The minimum absolute atomic E-state index is 0.0708. The molecule has 1 aromatic rings. The van der Waals surface area contributed by atoms with Gasteiger partial charge < -0.3 is 9.94 Å². The lowest BCUT2D eigenvalue weighted by Crippen LogP contribution is -3.08. The van der Waals surface area contributed by atoms with Crippen molar-refractivity contribution in [1.29, 1.82) is 0 Å². The van der Waals surface area contributed by atoms with Crippen molar-refractivity contribution in [2.45, 2.75) is 13.5 Å². The molecule has 1 heterocycles. The van der Waals surface area contributed by atoms with Crippen molar-refractivity contribution < 1.29 is 14.6 Å². The summed E-state index contributed by atoms with van der Waals surface area (Å²) in [5.74, 6) is 0. The van der Waals surface area contributed by atoms with Crippen molar-refractivity contribution in [2.24, 2.45) is 0 Å². The van der Waals surface area contributed by atoms with Gasteiger partial charge in [-0.2, -0.15) is 4.79 Å². The van der Waals surface area contributed by atoms with Gasteiger partial charge in [-0.3, -0.25) is 10.0 Å². The van der Waals surface area contributed by atoms with Crippen molar-refractivity contribution in [3.8, 4) is 0 Å². The maximum atomic E-state index is 11.2. The lowest BCUT2D eigenvalue weighted by molar-refractivity contribution is -0.783. The molecule has 14 heavy (non-hydrogen) atoms. The molecule has 0 aliphatic heterocycles. The van der Waals surface area contributed by atoms with E-state index in [4.69, 9.17) is 0 Å². The highest BCUT2D eigenvalue weighted by Crippen LogP contribution is 1.92. The number of rotatable bonds is 3. The lowest BCUT2D eigenvalue weighted by atomic mass is 10.3. The van der Waals surface area contributed by atoms with Crippen LogP contribution in [-0.2, 0) is 11.3 Å². The third-order valence-corrected chi connectivity index (χ3v) is 1.62. The molecule has 1 rings (SSSR count). The van der Waals surface area contributed by atoms with E-state index in [1.165, 1.54) is 0 Å². The van der Waals surface area contributed by atoms with E-state index in [0.717, 1.165) is 5.56 Å². The molecule has 1 atom stereocenters. The van der Waals surface area contributed by atoms with Crippen LogP contribution < -0.4 is 5.06 Å². The first-order valence-electron chi connectivity index (χ1n) is 4.33. The second-order valence-electron chi connectivity index (χ2n) is 2.68. The molecule has 0 saturated heterocycles. The van der Waals surface area contributed by atoms with Gasteiger partial charge in [-0.1, -0.05) is 0 Å². The minimum atomic E-state index is -0.774. The SMILES string of the molecule is CCOC(=O)[NH+]([O-])Cc1ccncc1. The van der Waals surface area contributed by atoms with E-state index in [9.17, 15) is 10.0 Å². The molecule has 1 N–H and O–H groups in total. The predicted molar refractivity (Wildman–Crippen MR) is 49.3 cm³/mol. The Morgan fingerprint density at radius 3 is 2.79 bits per heavy atom. The largest absolute Gasteiger partial charge is 0.624 e. The van der Waals surface area contributed by atoms with Gasteiger partial charge in [0.25, 0.3) is 0 Å². The van der Waals surface area contributed by atoms with Gasteiger partial charge in [-0.25, -0.2) is 0 Å². The van der Waals surface area contributed by atoms with E-state index in [1.807, 2.05) is 0 Å². The lowest BCUT2D eigenvalue weighted by Gasteiger charge is -2.17. The molecule has 0 spiro atoms. The van der Waals surface area contributed by atoms with Crippen molar-refractivity contribution >= 4 is 6.09 Å². The third-order valence-electron chi connectivity index (χ3n) is 1.62. The van der Waals surface area contributed by atoms with Crippen LogP contribution in [0.5, 0.6) is 0 Å². The molecule has 0 radical (unpaired) electrons. The van der Waals surface area contributed by atoms with Crippen molar-refractivity contribution in [2.75, 3.05) is 6.61 Å². The number of hydrogen-bond donors (Lipinski definition) is 1. The molecule has 1 aromatic heterocycles. The number of ether oxygens (including phenoxy) is 1. The summed E-state index contributed by atoms with van der Waals surface area (Å²) in [6.45, 7) is 1.96. The van der Waals surface area contributed by atoms with E-state index in [-0.39, 0.29) is 13.2 Å². The summed E-state index contributed by atoms with van der Waals surface area (Å²) in [5.41, 5.74) is 0.762. The number of alkyl carbamates (subject to hydrolysis) is 1. The second-order valence-corrected chi connectivity index (χ2v) is 2.68. The Hall–Kier alpha value is -1.46. The Balaban J connectivity index is 2.49. The Labute approximate surface area is 81.9 Å². The smallest absolute Gasteiger partial charge is 0.514 e. The van der Waals surface area contributed by atoms with Crippen LogP contribution >= 0.6 is 0 Å². The summed E-state index contributed by atoms with van der Waals surface area (Å²) < 4.78 is 4.57. The molecule has 0 aromatic carbocycles. The van der Waals surface area contributed by atoms with Gasteiger partial charge in [0.1, 0.15) is 6.54 Å². The van der Waals surface area contributed by atoms with Gasteiger partial charge in [0, 0.05) is 18.0 Å². The number of aromatic nitrogens is 1. The predicted octanol–water partition coefficient (Wildman–Crippen LogP) is 0.121. The fourth-order valence-corrected chi connectivity index (χ4v) is 0.970. The van der Waals surface area contributed by atoms with Crippen molar-refractivity contribution in [1.82, 2.24) is 4.98 Å². The second kappa shape index (κ2) is 5.31. The number of hydroxylamine groups is 2. The number of amides is 1.